The van der Waals surface area contributed by atoms with Crippen LogP contribution < -0.4 is 47.4 Å². The van der Waals surface area contributed by atoms with Crippen LogP contribution in [0.5, 0.6) is 69.0 Å². The van der Waals surface area contributed by atoms with Crippen LogP contribution in [0.15, 0.2) is 179 Å². The first-order chi connectivity index (χ1) is 68.8. The Bertz CT molecular complexity index is 6450. The molecule has 4 aliphatic carbocycles. The molecule has 3 saturated heterocycles. The third-order valence-electron chi connectivity index (χ3n) is 24.6. The number of aromatic nitrogens is 6. The Morgan fingerprint density at radius 3 is 1.22 bits per heavy atom. The smallest absolute Gasteiger partial charge is 0.313 e. The van der Waals surface area contributed by atoms with E-state index in [1.165, 1.54) is 45.4 Å². The number of rotatable bonds is 10. The summed E-state index contributed by atoms with van der Waals surface area (Å²) in [5.41, 5.74) is 17.5. The van der Waals surface area contributed by atoms with Crippen molar-refractivity contribution in [1.82, 2.24) is 29.9 Å². The van der Waals surface area contributed by atoms with E-state index in [1.807, 2.05) is 61.1 Å². The first-order valence-corrected chi connectivity index (χ1v) is 53.3. The van der Waals surface area contributed by atoms with Gasteiger partial charge in [-0.05, 0) is 183 Å². The number of ether oxygens (including phenoxy) is 17. The number of fused-ring (bicyclic) bond motifs is 10. The molecule has 32 nitrogen and oxygen atoms in total. The van der Waals surface area contributed by atoms with E-state index in [0.717, 1.165) is 209 Å². The third-order valence-corrected chi connectivity index (χ3v) is 28.6. The van der Waals surface area contributed by atoms with Gasteiger partial charge in [-0.2, -0.15) is 5.53 Å². The van der Waals surface area contributed by atoms with Crippen LogP contribution in [0.3, 0.4) is 0 Å². The number of benzene rings is 6. The highest BCUT2D eigenvalue weighted by molar-refractivity contribution is 9.11. The second kappa shape index (κ2) is 51.7. The molecule has 7 aliphatic heterocycles. The van der Waals surface area contributed by atoms with Gasteiger partial charge in [-0.15, -0.1) is 0 Å². The number of allylic oxidation sites excluding steroid dienone is 2. The van der Waals surface area contributed by atoms with Crippen LogP contribution in [0, 0.1) is 5.53 Å². The van der Waals surface area contributed by atoms with Crippen molar-refractivity contribution < 1.29 is 105 Å². The van der Waals surface area contributed by atoms with Crippen molar-refractivity contribution in [2.75, 3.05) is 143 Å². The number of carbonyl (C=O) groups is 2. The summed E-state index contributed by atoms with van der Waals surface area (Å²) < 4.78 is 108. The van der Waals surface area contributed by atoms with E-state index in [-0.39, 0.29) is 41.0 Å². The number of carbonyl (C=O) groups excluding carboxylic acids is 2. The van der Waals surface area contributed by atoms with Crippen LogP contribution in [0.4, 0.5) is 0 Å². The van der Waals surface area contributed by atoms with Crippen LogP contribution in [-0.4, -0.2) is 213 Å². The lowest BCUT2D eigenvalue weighted by molar-refractivity contribution is -0.178. The number of nitrogens with one attached hydrogen (secondary N) is 1. The van der Waals surface area contributed by atoms with Crippen LogP contribution >= 0.6 is 85.6 Å². The first kappa shape index (κ1) is 107. The lowest BCUT2D eigenvalue weighted by Crippen LogP contribution is -2.34. The number of halogens is 6. The van der Waals surface area contributed by atoms with Crippen LogP contribution in [-0.2, 0) is 47.3 Å². The molecule has 39 heteroatoms. The Morgan fingerprint density at radius 1 is 0.458 bits per heavy atom. The summed E-state index contributed by atoms with van der Waals surface area (Å²) in [6.45, 7) is 16.5. The molecule has 23 rings (SSSR count). The second-order valence-corrected chi connectivity index (χ2v) is 40.9. The first-order valence-electron chi connectivity index (χ1n) is 46.8. The number of Topliss-reactive ketones (excluding diaryl/α,β-unsaturated/α-hetero) is 1. The summed E-state index contributed by atoms with van der Waals surface area (Å²) in [5, 5.41) is 33.2. The number of alkyl halides is 2. The molecule has 0 bridgehead atoms. The summed E-state index contributed by atoms with van der Waals surface area (Å²) in [6, 6.07) is 33.7. The van der Waals surface area contributed by atoms with Crippen molar-refractivity contribution >= 4 is 168 Å². The number of pyridine rings is 6. The molecule has 6 aromatic carbocycles. The number of nitrogens with zero attached hydrogens (tertiary/aromatic N) is 9. The number of methoxy groups -OCH3 is 2. The fourth-order valence-corrected chi connectivity index (χ4v) is 19.1. The van der Waals surface area contributed by atoms with E-state index >= 15 is 0 Å². The predicted octanol–water partition coefficient (Wildman–Crippen LogP) is 24.2. The Hall–Kier alpha value is -10.7. The standard InChI is InChI=1S/C19H21NO4.C19H19NO4.C17H17NO3.C11H8ClNO2.C11H10ClNO2.C9H6ClNO2.C9H14O2.C6H13O3P.C2H4Br2.ClHN4/c2*1-4-19(23-9-10-24-19)5-2-13(1)14-3-6-20-16-12-18-17(11-15(14)16)21-7-8-22-18;19-12-3-1-11(2-4-12)13-5-6-18-15-10-17-16(9-14(13)15)20-7-8-21-17;12-8-1-2-13-9-6-11-10(5-7(8)9)14-3-4-15-11;1-14-10-5-7-8(12)3-4-13-9(7)6-11(10)15-2;10-6-1-2-11-7-4-9(13)8(12)3-5(6)7;1-8-2-4-9(5-3-8)10-6-7-11-9;1-4-9-6(7)5-10(2,3)8;3-1-2-4;1-3-5-4-2/h3,6,11-13H,1-2,4-5,7-10H2;1,3,6,11-12H,2,4-5,7-10H2;5-6,9-11H,1-4,7-8H2;1-2,5-6H,3-4H2;3-6H,1-2H3;1-4,12-13H;2H,3-7H2,1H3;4-5H2,1-3H3;1-2H2;2H. The normalized spacial score (nSPS) is 17.5. The summed E-state index contributed by atoms with van der Waals surface area (Å²) in [6.07, 6.45) is 28.1. The molecule has 0 radical (unpaired) electrons. The highest BCUT2D eigenvalue weighted by atomic mass is 79.9. The van der Waals surface area contributed by atoms with Gasteiger partial charge in [-0.1, -0.05) is 89.0 Å². The van der Waals surface area contributed by atoms with Crippen LogP contribution in [0.1, 0.15) is 132 Å². The quantitative estimate of drug-likeness (QED) is 0.0218. The minimum atomic E-state index is -2.23. The number of phenolic OH excluding ortho intramolecular Hbond substituents is 2. The molecule has 3 spiro atoms. The van der Waals surface area contributed by atoms with Crippen LogP contribution in [0.25, 0.3) is 71.0 Å². The molecule has 0 atom stereocenters. The molecule has 3 N–H and O–H groups in total. The number of hydrogen-bond donors (Lipinski definition) is 3. The lowest BCUT2D eigenvalue weighted by Gasteiger charge is -2.35. The van der Waals surface area contributed by atoms with Crippen molar-refractivity contribution in [2.24, 2.45) is 15.1 Å². The number of phenols is 2. The highest BCUT2D eigenvalue weighted by Gasteiger charge is 2.42. The monoisotopic (exact) mass is 2170 g/mol. The summed E-state index contributed by atoms with van der Waals surface area (Å²) in [7, 11) is 0.957. The van der Waals surface area contributed by atoms with Crippen molar-refractivity contribution in [2.45, 2.75) is 133 Å². The van der Waals surface area contributed by atoms with E-state index in [0.29, 0.717) is 141 Å². The van der Waals surface area contributed by atoms with Gasteiger partial charge in [0.25, 0.3) is 0 Å². The number of hydrogen-bond acceptors (Lipinski definition) is 30. The van der Waals surface area contributed by atoms with Crippen molar-refractivity contribution in [3.63, 3.8) is 0 Å². The maximum Gasteiger partial charge on any atom is 0.313 e. The molecule has 5 fully saturated rings. The molecule has 11 aliphatic rings. The molecule has 2 saturated carbocycles. The average Bonchev–Trinajstić information content (AvgIpc) is 1.14. The lowest BCUT2D eigenvalue weighted by atomic mass is 9.80. The van der Waals surface area contributed by atoms with Crippen molar-refractivity contribution in [3.05, 3.63) is 196 Å². The van der Waals surface area contributed by atoms with Gasteiger partial charge >= 0.3 is 5.97 Å². The molecule has 0 unspecified atom stereocenters. The maximum absolute atomic E-state index is 11.4. The molecule has 6 aromatic heterocycles. The zero-order valence-electron chi connectivity index (χ0n) is 79.6. The van der Waals surface area contributed by atoms with Gasteiger partial charge in [0.1, 0.15) is 58.6 Å². The molecule has 142 heavy (non-hydrogen) atoms. The Morgan fingerprint density at radius 2 is 0.817 bits per heavy atom. The fourth-order valence-electron chi connectivity index (χ4n) is 17.7. The molecule has 754 valence electrons. The Kier molecular flexibility index (Phi) is 39.0. The maximum atomic E-state index is 11.4. The van der Waals surface area contributed by atoms with Gasteiger partial charge in [0.05, 0.1) is 134 Å². The third kappa shape index (κ3) is 28.5. The number of aromatic hydroxyl groups is 2. The fraction of sp³-hybridized carbons (Fsp3) is 0.417. The van der Waals surface area contributed by atoms with Crippen molar-refractivity contribution in [1.29, 1.82) is 5.53 Å². The minimum absolute atomic E-state index is 0.0564. The number of ketones is 1. The largest absolute Gasteiger partial charge is 0.504 e. The second-order valence-electron chi connectivity index (χ2n) is 34.4. The topological polar surface area (TPSA) is 387 Å². The van der Waals surface area contributed by atoms with Crippen LogP contribution in [0.2, 0.25) is 15.1 Å². The summed E-state index contributed by atoms with van der Waals surface area (Å²) in [5.74, 6) is 7.25. The summed E-state index contributed by atoms with van der Waals surface area (Å²) in [4.78, 5) is 48.0. The van der Waals surface area contributed by atoms with Crippen molar-refractivity contribution in [3.8, 4) is 69.0 Å². The van der Waals surface area contributed by atoms with Gasteiger partial charge in [0, 0.05) is 168 Å². The Balaban J connectivity index is 0.000000129. The minimum Gasteiger partial charge on any atom is -0.504 e. The SMILES string of the molecule is BrCCBr.C1=C(c2ccnc3cc4c(cc23)OCCO4)CCC2(C1)OCCO2.CC1=CCC2(CC1)OCCO2.CCOC(=O)CP(C)(C)=O.COc1cc2nccc(Cl)c2cc1OC.Clc1ccnc2cc3c(cc12)OCCO3.N=NN=NCl.O=C1CCC(c2ccnc3cc4c(cc23)OCCO4)CC1.Oc1cc2nccc(Cl)c2cc1O.c1cc(C2CCC3(CC2)OCCO3)c2cc3c(cc2n1)OCCO3. The van der Waals surface area contributed by atoms with E-state index < -0.39 is 7.14 Å². The molecular formula is C103H113Br2Cl4N10O22P. The van der Waals surface area contributed by atoms with E-state index in [1.54, 1.807) is 77.3 Å². The number of esters is 1. The van der Waals surface area contributed by atoms with Gasteiger partial charge in [-0.3, -0.25) is 39.5 Å². The highest BCUT2D eigenvalue weighted by Crippen LogP contribution is 2.49. The molecule has 12 aromatic rings. The van der Waals surface area contributed by atoms with E-state index in [9.17, 15) is 24.4 Å². The molecular weight excluding hydrogens is 2060 g/mol. The molecule has 13 heterocycles. The average molecular weight is 2180 g/mol. The van der Waals surface area contributed by atoms with E-state index in [4.69, 9.17) is 116 Å². The van der Waals surface area contributed by atoms with Gasteiger partial charge in [-0.25, -0.2) is 0 Å². The zero-order chi connectivity index (χ0) is 100. The van der Waals surface area contributed by atoms with E-state index in [2.05, 4.69) is 143 Å². The van der Waals surface area contributed by atoms with Gasteiger partial charge in [0.15, 0.2) is 86.4 Å². The predicted molar refractivity (Wildman–Crippen MR) is 551 cm³/mol. The Labute approximate surface area is 858 Å². The molecule has 0 amide bonds. The van der Waals surface area contributed by atoms with Gasteiger partial charge in [0.2, 0.25) is 0 Å². The van der Waals surface area contributed by atoms with Gasteiger partial charge < -0.3 is 95.3 Å². The zero-order valence-corrected chi connectivity index (χ0v) is 86.7. The summed E-state index contributed by atoms with van der Waals surface area (Å²) >= 11 is 28.9.